The third-order valence-corrected chi connectivity index (χ3v) is 1.65. The number of aliphatic hydroxyl groups excluding tert-OH is 1. The van der Waals surface area contributed by atoms with Crippen LogP contribution in [-0.4, -0.2) is 30.5 Å². The minimum absolute atomic E-state index is 0.103. The van der Waals surface area contributed by atoms with Crippen LogP contribution in [0.1, 0.15) is 12.8 Å². The Labute approximate surface area is 54.1 Å². The summed E-state index contributed by atoms with van der Waals surface area (Å²) < 4.78 is 11.9. The zero-order valence-corrected chi connectivity index (χ0v) is 5.31. The summed E-state index contributed by atoms with van der Waals surface area (Å²) in [7, 11) is 0. The second-order valence-corrected chi connectivity index (χ2v) is 2.48. The molecule has 0 spiro atoms. The minimum Gasteiger partial charge on any atom is -0.393 e. The summed E-state index contributed by atoms with van der Waals surface area (Å²) in [6.07, 6.45) is 1.04. The van der Waals surface area contributed by atoms with E-state index in [1.165, 1.54) is 0 Å². The zero-order chi connectivity index (χ0) is 6.69. The van der Waals surface area contributed by atoms with Crippen molar-refractivity contribution < 1.29 is 9.50 Å². The average Bonchev–Trinajstić information content (AvgIpc) is 1.88. The Morgan fingerprint density at radius 2 is 2.44 bits per heavy atom. The number of piperidine rings is 1. The second-order valence-electron chi connectivity index (χ2n) is 2.48. The summed E-state index contributed by atoms with van der Waals surface area (Å²) in [5, 5.41) is 12.0. The number of alkyl halides is 1. The molecule has 1 saturated heterocycles. The number of hydrogen-bond donors (Lipinski definition) is 2. The van der Waals surface area contributed by atoms with Gasteiger partial charge in [-0.2, -0.15) is 0 Å². The molecule has 2 unspecified atom stereocenters. The first-order valence-corrected chi connectivity index (χ1v) is 3.30. The SMILES string of the molecule is OC1CCNC(CF)C1. The molecule has 1 aliphatic heterocycles. The van der Waals surface area contributed by atoms with Crippen LogP contribution >= 0.6 is 0 Å². The molecule has 2 nitrogen and oxygen atoms in total. The number of rotatable bonds is 1. The molecule has 0 amide bonds. The van der Waals surface area contributed by atoms with Crippen LogP contribution in [0.4, 0.5) is 4.39 Å². The van der Waals surface area contributed by atoms with E-state index >= 15 is 0 Å². The van der Waals surface area contributed by atoms with Crippen LogP contribution in [0.5, 0.6) is 0 Å². The fourth-order valence-corrected chi connectivity index (χ4v) is 1.10. The first-order valence-electron chi connectivity index (χ1n) is 3.30. The lowest BCUT2D eigenvalue weighted by Crippen LogP contribution is -2.41. The lowest BCUT2D eigenvalue weighted by atomic mass is 10.0. The van der Waals surface area contributed by atoms with E-state index in [9.17, 15) is 4.39 Å². The van der Waals surface area contributed by atoms with Gasteiger partial charge in [0.1, 0.15) is 6.67 Å². The Hall–Kier alpha value is -0.150. The molecule has 0 aromatic heterocycles. The van der Waals surface area contributed by atoms with E-state index in [2.05, 4.69) is 5.32 Å². The molecule has 0 bridgehead atoms. The van der Waals surface area contributed by atoms with Gasteiger partial charge in [-0.3, -0.25) is 0 Å². The molecule has 1 fully saturated rings. The molecule has 1 heterocycles. The number of aliphatic hydroxyl groups is 1. The normalized spacial score (nSPS) is 36.7. The van der Waals surface area contributed by atoms with Crippen molar-refractivity contribution >= 4 is 0 Å². The van der Waals surface area contributed by atoms with Crippen LogP contribution in [0.25, 0.3) is 0 Å². The monoisotopic (exact) mass is 133 g/mol. The van der Waals surface area contributed by atoms with Gasteiger partial charge in [0, 0.05) is 6.04 Å². The Kier molecular flexibility index (Phi) is 2.42. The lowest BCUT2D eigenvalue weighted by Gasteiger charge is -2.24. The van der Waals surface area contributed by atoms with E-state index in [1.54, 1.807) is 0 Å². The maximum atomic E-state index is 11.9. The van der Waals surface area contributed by atoms with Crippen molar-refractivity contribution in [2.24, 2.45) is 0 Å². The predicted molar refractivity (Wildman–Crippen MR) is 33.0 cm³/mol. The fraction of sp³-hybridized carbons (Fsp3) is 1.00. The highest BCUT2D eigenvalue weighted by molar-refractivity contribution is 4.76. The first-order chi connectivity index (χ1) is 4.33. The highest BCUT2D eigenvalue weighted by atomic mass is 19.1. The standard InChI is InChI=1S/C6H12FNO/c7-4-5-3-6(9)1-2-8-5/h5-6,8-9H,1-4H2. The maximum Gasteiger partial charge on any atom is 0.105 e. The van der Waals surface area contributed by atoms with E-state index in [1.807, 2.05) is 0 Å². The molecule has 0 saturated carbocycles. The van der Waals surface area contributed by atoms with Gasteiger partial charge in [0.2, 0.25) is 0 Å². The maximum absolute atomic E-state index is 11.9. The van der Waals surface area contributed by atoms with Crippen molar-refractivity contribution in [2.75, 3.05) is 13.2 Å². The third kappa shape index (κ3) is 1.91. The Morgan fingerprint density at radius 1 is 1.67 bits per heavy atom. The van der Waals surface area contributed by atoms with Gasteiger partial charge in [0.05, 0.1) is 6.10 Å². The molecular formula is C6H12FNO. The van der Waals surface area contributed by atoms with Gasteiger partial charge in [0.25, 0.3) is 0 Å². The second kappa shape index (κ2) is 3.13. The van der Waals surface area contributed by atoms with Crippen molar-refractivity contribution in [3.63, 3.8) is 0 Å². The molecular weight excluding hydrogens is 121 g/mol. The smallest absolute Gasteiger partial charge is 0.105 e. The van der Waals surface area contributed by atoms with Crippen LogP contribution < -0.4 is 5.32 Å². The Balaban J connectivity index is 2.23. The van der Waals surface area contributed by atoms with Crippen LogP contribution in [0.15, 0.2) is 0 Å². The summed E-state index contributed by atoms with van der Waals surface area (Å²) in [4.78, 5) is 0. The summed E-state index contributed by atoms with van der Waals surface area (Å²) in [6.45, 7) is 0.382. The van der Waals surface area contributed by atoms with Crippen molar-refractivity contribution in [1.82, 2.24) is 5.32 Å². The van der Waals surface area contributed by atoms with Crippen LogP contribution in [0.3, 0.4) is 0 Å². The molecule has 3 heteroatoms. The van der Waals surface area contributed by atoms with Gasteiger partial charge in [0.15, 0.2) is 0 Å². The largest absolute Gasteiger partial charge is 0.393 e. The van der Waals surface area contributed by atoms with E-state index in [-0.39, 0.29) is 18.8 Å². The fourth-order valence-electron chi connectivity index (χ4n) is 1.10. The Bertz CT molecular complexity index is 89.1. The van der Waals surface area contributed by atoms with Crippen molar-refractivity contribution in [3.05, 3.63) is 0 Å². The van der Waals surface area contributed by atoms with Crippen LogP contribution in [0.2, 0.25) is 0 Å². The number of nitrogens with one attached hydrogen (secondary N) is 1. The molecule has 0 aliphatic carbocycles. The highest BCUT2D eigenvalue weighted by Crippen LogP contribution is 2.07. The van der Waals surface area contributed by atoms with E-state index < -0.39 is 0 Å². The van der Waals surface area contributed by atoms with Crippen LogP contribution in [0, 0.1) is 0 Å². The van der Waals surface area contributed by atoms with Gasteiger partial charge in [-0.15, -0.1) is 0 Å². The predicted octanol–water partition coefficient (Wildman–Crippen LogP) is 0.0688. The van der Waals surface area contributed by atoms with Gasteiger partial charge in [-0.25, -0.2) is 4.39 Å². The number of hydrogen-bond acceptors (Lipinski definition) is 2. The number of halogens is 1. The van der Waals surface area contributed by atoms with Crippen molar-refractivity contribution in [2.45, 2.75) is 25.0 Å². The van der Waals surface area contributed by atoms with E-state index in [0.29, 0.717) is 6.42 Å². The first kappa shape index (κ1) is 6.96. The van der Waals surface area contributed by atoms with Gasteiger partial charge in [-0.1, -0.05) is 0 Å². The molecule has 2 N–H and O–H groups in total. The third-order valence-electron chi connectivity index (χ3n) is 1.65. The molecule has 54 valence electrons. The molecule has 1 aliphatic rings. The molecule has 1 rings (SSSR count). The highest BCUT2D eigenvalue weighted by Gasteiger charge is 2.18. The summed E-state index contributed by atoms with van der Waals surface area (Å²) >= 11 is 0. The molecule has 0 radical (unpaired) electrons. The van der Waals surface area contributed by atoms with Gasteiger partial charge >= 0.3 is 0 Å². The van der Waals surface area contributed by atoms with Gasteiger partial charge in [-0.05, 0) is 19.4 Å². The molecule has 0 aromatic rings. The van der Waals surface area contributed by atoms with E-state index in [0.717, 1.165) is 13.0 Å². The molecule has 9 heavy (non-hydrogen) atoms. The molecule has 2 atom stereocenters. The summed E-state index contributed by atoms with van der Waals surface area (Å²) in [6, 6.07) is -0.103. The molecule has 0 aromatic carbocycles. The summed E-state index contributed by atoms with van der Waals surface area (Å²) in [5.74, 6) is 0. The van der Waals surface area contributed by atoms with Gasteiger partial charge < -0.3 is 10.4 Å². The lowest BCUT2D eigenvalue weighted by molar-refractivity contribution is 0.109. The van der Waals surface area contributed by atoms with E-state index in [4.69, 9.17) is 5.11 Å². The summed E-state index contributed by atoms with van der Waals surface area (Å²) in [5.41, 5.74) is 0. The minimum atomic E-state index is -0.364. The van der Waals surface area contributed by atoms with Crippen molar-refractivity contribution in [1.29, 1.82) is 0 Å². The average molecular weight is 133 g/mol. The Morgan fingerprint density at radius 3 is 2.89 bits per heavy atom. The quantitative estimate of drug-likeness (QED) is 0.530. The topological polar surface area (TPSA) is 32.3 Å². The van der Waals surface area contributed by atoms with Crippen molar-refractivity contribution in [3.8, 4) is 0 Å². The zero-order valence-electron chi connectivity index (χ0n) is 5.31. The van der Waals surface area contributed by atoms with Crippen LogP contribution in [-0.2, 0) is 0 Å².